The molecule has 1 aromatic heterocycles. The third-order valence-corrected chi connectivity index (χ3v) is 2.84. The van der Waals surface area contributed by atoms with Gasteiger partial charge in [-0.15, -0.1) is 0 Å². The van der Waals surface area contributed by atoms with Crippen LogP contribution < -0.4 is 4.90 Å². The van der Waals surface area contributed by atoms with Crippen LogP contribution in [0.5, 0.6) is 0 Å². The van der Waals surface area contributed by atoms with Crippen molar-refractivity contribution < 1.29 is 0 Å². The van der Waals surface area contributed by atoms with E-state index >= 15 is 0 Å². The van der Waals surface area contributed by atoms with Crippen molar-refractivity contribution in [3.63, 3.8) is 0 Å². The highest BCUT2D eigenvalue weighted by atomic mass is 15.3. The van der Waals surface area contributed by atoms with Gasteiger partial charge in [-0.2, -0.15) is 5.26 Å². The van der Waals surface area contributed by atoms with Crippen LogP contribution in [0.1, 0.15) is 12.6 Å². The molecule has 0 N–H and O–H groups in total. The fourth-order valence-corrected chi connectivity index (χ4v) is 1.99. The molecule has 0 radical (unpaired) electrons. The van der Waals surface area contributed by atoms with Crippen LogP contribution in [0.3, 0.4) is 0 Å². The Morgan fingerprint density at radius 2 is 2.31 bits per heavy atom. The SMILES string of the molecule is C[C@H]1CN(C)CCN1c1nccc(C#N)n1. The van der Waals surface area contributed by atoms with Gasteiger partial charge in [0, 0.05) is 31.9 Å². The molecule has 1 aliphatic rings. The number of piperazine rings is 1. The van der Waals surface area contributed by atoms with Gasteiger partial charge < -0.3 is 9.80 Å². The molecule has 5 nitrogen and oxygen atoms in total. The summed E-state index contributed by atoms with van der Waals surface area (Å²) in [5.41, 5.74) is 0.427. The van der Waals surface area contributed by atoms with E-state index in [0.717, 1.165) is 19.6 Å². The maximum Gasteiger partial charge on any atom is 0.226 e. The van der Waals surface area contributed by atoms with Crippen LogP contribution in [0, 0.1) is 11.3 Å². The average Bonchev–Trinajstić information content (AvgIpc) is 2.29. The predicted octanol–water partition coefficient (Wildman–Crippen LogP) is 0.489. The molecule has 0 aliphatic carbocycles. The summed E-state index contributed by atoms with van der Waals surface area (Å²) in [6.45, 7) is 5.06. The minimum atomic E-state index is 0.382. The molecule has 1 aromatic rings. The summed E-state index contributed by atoms with van der Waals surface area (Å²) < 4.78 is 0. The molecule has 84 valence electrons. The molecule has 5 heteroatoms. The van der Waals surface area contributed by atoms with E-state index in [0.29, 0.717) is 17.7 Å². The Hall–Kier alpha value is -1.67. The van der Waals surface area contributed by atoms with E-state index in [4.69, 9.17) is 5.26 Å². The van der Waals surface area contributed by atoms with Gasteiger partial charge in [0.15, 0.2) is 0 Å². The number of rotatable bonds is 1. The summed E-state index contributed by atoms with van der Waals surface area (Å²) in [5, 5.41) is 8.80. The van der Waals surface area contributed by atoms with Crippen LogP contribution in [-0.2, 0) is 0 Å². The van der Waals surface area contributed by atoms with Crippen LogP contribution in [0.4, 0.5) is 5.95 Å². The van der Waals surface area contributed by atoms with Crippen molar-refractivity contribution in [2.45, 2.75) is 13.0 Å². The normalized spacial score (nSPS) is 21.8. The van der Waals surface area contributed by atoms with Crippen molar-refractivity contribution in [3.8, 4) is 6.07 Å². The van der Waals surface area contributed by atoms with Gasteiger partial charge in [-0.1, -0.05) is 0 Å². The molecule has 2 heterocycles. The third-order valence-electron chi connectivity index (χ3n) is 2.84. The van der Waals surface area contributed by atoms with Gasteiger partial charge in [-0.05, 0) is 20.0 Å². The Kier molecular flexibility index (Phi) is 3.02. The van der Waals surface area contributed by atoms with Gasteiger partial charge in [-0.3, -0.25) is 0 Å². The second kappa shape index (κ2) is 4.45. The first-order chi connectivity index (χ1) is 7.70. The number of nitriles is 1. The molecular weight excluding hydrogens is 202 g/mol. The maximum atomic E-state index is 8.80. The Labute approximate surface area is 95.3 Å². The Bertz CT molecular complexity index is 411. The molecule has 0 aromatic carbocycles. The topological polar surface area (TPSA) is 56.0 Å². The van der Waals surface area contributed by atoms with Crippen LogP contribution in [0.2, 0.25) is 0 Å². The minimum absolute atomic E-state index is 0.382. The van der Waals surface area contributed by atoms with Gasteiger partial charge >= 0.3 is 0 Å². The van der Waals surface area contributed by atoms with Crippen molar-refractivity contribution >= 4 is 5.95 Å². The summed E-state index contributed by atoms with van der Waals surface area (Å²) in [6, 6.07) is 4.05. The Balaban J connectivity index is 2.20. The number of anilines is 1. The summed E-state index contributed by atoms with van der Waals surface area (Å²) in [7, 11) is 2.11. The molecule has 0 bridgehead atoms. The molecule has 16 heavy (non-hydrogen) atoms. The lowest BCUT2D eigenvalue weighted by molar-refractivity contribution is 0.273. The van der Waals surface area contributed by atoms with Crippen molar-refractivity contribution in [1.82, 2.24) is 14.9 Å². The number of nitrogens with zero attached hydrogens (tertiary/aromatic N) is 5. The van der Waals surface area contributed by atoms with Crippen LogP contribution in [0.25, 0.3) is 0 Å². The summed E-state index contributed by atoms with van der Waals surface area (Å²) >= 11 is 0. The second-order valence-corrected chi connectivity index (χ2v) is 4.16. The number of aromatic nitrogens is 2. The molecule has 0 saturated carbocycles. The number of likely N-dealkylation sites (N-methyl/N-ethyl adjacent to an activating group) is 1. The van der Waals surface area contributed by atoms with Gasteiger partial charge in [0.1, 0.15) is 11.8 Å². The zero-order valence-electron chi connectivity index (χ0n) is 9.59. The molecular formula is C11H15N5. The second-order valence-electron chi connectivity index (χ2n) is 4.16. The molecule has 2 rings (SSSR count). The first kappa shape index (κ1) is 10.8. The molecule has 1 aliphatic heterocycles. The quantitative estimate of drug-likeness (QED) is 0.685. The zero-order valence-corrected chi connectivity index (χ0v) is 9.59. The van der Waals surface area contributed by atoms with E-state index in [1.54, 1.807) is 12.3 Å². The Morgan fingerprint density at radius 1 is 1.50 bits per heavy atom. The van der Waals surface area contributed by atoms with Crippen LogP contribution >= 0.6 is 0 Å². The minimum Gasteiger partial charge on any atom is -0.336 e. The van der Waals surface area contributed by atoms with Crippen molar-refractivity contribution in [1.29, 1.82) is 5.26 Å². The van der Waals surface area contributed by atoms with E-state index in [-0.39, 0.29) is 0 Å². The highest BCUT2D eigenvalue weighted by Gasteiger charge is 2.23. The van der Waals surface area contributed by atoms with Gasteiger partial charge in [-0.25, -0.2) is 9.97 Å². The summed E-state index contributed by atoms with van der Waals surface area (Å²) in [4.78, 5) is 12.9. The lowest BCUT2D eigenvalue weighted by atomic mass is 10.2. The van der Waals surface area contributed by atoms with E-state index in [1.165, 1.54) is 0 Å². The van der Waals surface area contributed by atoms with Crippen molar-refractivity contribution in [3.05, 3.63) is 18.0 Å². The molecule has 1 atom stereocenters. The van der Waals surface area contributed by atoms with Gasteiger partial charge in [0.2, 0.25) is 5.95 Å². The van der Waals surface area contributed by atoms with Crippen molar-refractivity contribution in [2.24, 2.45) is 0 Å². The van der Waals surface area contributed by atoms with Gasteiger partial charge in [0.05, 0.1) is 0 Å². The number of hydrogen-bond acceptors (Lipinski definition) is 5. The standard InChI is InChI=1S/C11H15N5/c1-9-8-15(2)5-6-16(9)11-13-4-3-10(7-12)14-11/h3-4,9H,5-6,8H2,1-2H3/t9-/m0/s1. The molecule has 0 spiro atoms. The van der Waals surface area contributed by atoms with Crippen LogP contribution in [-0.4, -0.2) is 47.6 Å². The fourth-order valence-electron chi connectivity index (χ4n) is 1.99. The zero-order chi connectivity index (χ0) is 11.5. The van der Waals surface area contributed by atoms with E-state index in [9.17, 15) is 0 Å². The smallest absolute Gasteiger partial charge is 0.226 e. The molecule has 1 fully saturated rings. The Morgan fingerprint density at radius 3 is 3.00 bits per heavy atom. The highest BCUT2D eigenvalue weighted by molar-refractivity contribution is 5.35. The van der Waals surface area contributed by atoms with E-state index in [2.05, 4.69) is 33.7 Å². The number of hydrogen-bond donors (Lipinski definition) is 0. The molecule has 0 amide bonds. The van der Waals surface area contributed by atoms with Gasteiger partial charge in [0.25, 0.3) is 0 Å². The molecule has 0 unspecified atom stereocenters. The lowest BCUT2D eigenvalue weighted by Gasteiger charge is -2.38. The molecule has 1 saturated heterocycles. The largest absolute Gasteiger partial charge is 0.336 e. The van der Waals surface area contributed by atoms with Crippen LogP contribution in [0.15, 0.2) is 12.3 Å². The first-order valence-electron chi connectivity index (χ1n) is 5.39. The lowest BCUT2D eigenvalue weighted by Crippen LogP contribution is -2.51. The third kappa shape index (κ3) is 2.12. The summed E-state index contributed by atoms with van der Waals surface area (Å²) in [5.74, 6) is 0.666. The predicted molar refractivity (Wildman–Crippen MR) is 61.1 cm³/mol. The maximum absolute atomic E-state index is 8.80. The fraction of sp³-hybridized carbons (Fsp3) is 0.545. The highest BCUT2D eigenvalue weighted by Crippen LogP contribution is 2.15. The van der Waals surface area contributed by atoms with E-state index in [1.807, 2.05) is 6.07 Å². The summed E-state index contributed by atoms with van der Waals surface area (Å²) in [6.07, 6.45) is 1.64. The van der Waals surface area contributed by atoms with E-state index < -0.39 is 0 Å². The monoisotopic (exact) mass is 217 g/mol. The average molecular weight is 217 g/mol. The first-order valence-corrected chi connectivity index (χ1v) is 5.39. The van der Waals surface area contributed by atoms with Crippen molar-refractivity contribution in [2.75, 3.05) is 31.6 Å².